The van der Waals surface area contributed by atoms with E-state index >= 15 is 0 Å². The van der Waals surface area contributed by atoms with Crippen molar-refractivity contribution in [3.63, 3.8) is 0 Å². The number of hydrogen-bond acceptors (Lipinski definition) is 5. The van der Waals surface area contributed by atoms with Crippen molar-refractivity contribution in [2.75, 3.05) is 11.1 Å². The minimum atomic E-state index is 0.518. The van der Waals surface area contributed by atoms with Crippen LogP contribution in [0.5, 0.6) is 0 Å². The molecule has 3 heterocycles. The Kier molecular flexibility index (Phi) is 2.75. The first kappa shape index (κ1) is 11.8. The Hall–Kier alpha value is -2.28. The van der Waals surface area contributed by atoms with Gasteiger partial charge in [0.15, 0.2) is 5.65 Å². The third kappa shape index (κ3) is 2.19. The van der Waals surface area contributed by atoms with Gasteiger partial charge in [-0.2, -0.15) is 10.1 Å². The maximum absolute atomic E-state index is 5.89. The molecule has 0 aliphatic rings. The van der Waals surface area contributed by atoms with Gasteiger partial charge in [-0.25, -0.2) is 4.52 Å². The van der Waals surface area contributed by atoms with E-state index in [9.17, 15) is 0 Å². The lowest BCUT2D eigenvalue weighted by molar-refractivity contribution is 0.778. The molecule has 0 unspecified atom stereocenters. The summed E-state index contributed by atoms with van der Waals surface area (Å²) in [6.45, 7) is 0.518. The highest BCUT2D eigenvalue weighted by atomic mass is 35.5. The highest BCUT2D eigenvalue weighted by molar-refractivity contribution is 6.30. The zero-order valence-electron chi connectivity index (χ0n) is 10.2. The SMILES string of the molecule is Cn1ncc(CNc2nc3ccc(Cl)cn3n2)c1N. The predicted molar refractivity (Wildman–Crippen MR) is 72.9 cm³/mol. The summed E-state index contributed by atoms with van der Waals surface area (Å²) in [6, 6.07) is 3.58. The molecule has 0 spiro atoms. The van der Waals surface area contributed by atoms with Crippen LogP contribution >= 0.6 is 11.6 Å². The van der Waals surface area contributed by atoms with E-state index in [2.05, 4.69) is 20.5 Å². The average molecular weight is 278 g/mol. The van der Waals surface area contributed by atoms with Crippen LogP contribution in [-0.2, 0) is 13.6 Å². The van der Waals surface area contributed by atoms with Crippen LogP contribution < -0.4 is 11.1 Å². The van der Waals surface area contributed by atoms with Crippen LogP contribution in [0.25, 0.3) is 5.65 Å². The summed E-state index contributed by atoms with van der Waals surface area (Å²) in [5.41, 5.74) is 7.49. The molecule has 3 rings (SSSR count). The van der Waals surface area contributed by atoms with E-state index in [0.29, 0.717) is 23.3 Å². The van der Waals surface area contributed by atoms with Crippen molar-refractivity contribution in [2.45, 2.75) is 6.54 Å². The van der Waals surface area contributed by atoms with E-state index in [4.69, 9.17) is 17.3 Å². The smallest absolute Gasteiger partial charge is 0.243 e. The average Bonchev–Trinajstić information content (AvgIpc) is 2.92. The number of aromatic nitrogens is 5. The number of nitrogens with zero attached hydrogens (tertiary/aromatic N) is 5. The van der Waals surface area contributed by atoms with Crippen molar-refractivity contribution in [3.05, 3.63) is 35.1 Å². The molecule has 7 nitrogen and oxygen atoms in total. The maximum atomic E-state index is 5.89. The number of nitrogens with one attached hydrogen (secondary N) is 1. The first-order chi connectivity index (χ1) is 9.13. The summed E-state index contributed by atoms with van der Waals surface area (Å²) in [5, 5.41) is 12.1. The molecule has 8 heteroatoms. The first-order valence-electron chi connectivity index (χ1n) is 5.65. The number of anilines is 2. The monoisotopic (exact) mass is 277 g/mol. The Balaban J connectivity index is 1.80. The largest absolute Gasteiger partial charge is 0.384 e. The quantitative estimate of drug-likeness (QED) is 0.754. The third-order valence-electron chi connectivity index (χ3n) is 2.80. The lowest BCUT2D eigenvalue weighted by atomic mass is 10.3. The molecule has 0 saturated carbocycles. The van der Waals surface area contributed by atoms with Crippen molar-refractivity contribution in [3.8, 4) is 0 Å². The van der Waals surface area contributed by atoms with Gasteiger partial charge < -0.3 is 11.1 Å². The zero-order chi connectivity index (χ0) is 13.4. The number of aryl methyl sites for hydroxylation is 1. The minimum absolute atomic E-state index is 0.518. The molecule has 0 aliphatic carbocycles. The molecule has 98 valence electrons. The van der Waals surface area contributed by atoms with Crippen molar-refractivity contribution >= 4 is 29.0 Å². The van der Waals surface area contributed by atoms with E-state index in [1.54, 1.807) is 40.8 Å². The molecule has 0 radical (unpaired) electrons. The Bertz CT molecular complexity index is 730. The molecule has 0 aromatic carbocycles. The van der Waals surface area contributed by atoms with Crippen molar-refractivity contribution in [2.24, 2.45) is 7.05 Å². The van der Waals surface area contributed by atoms with Gasteiger partial charge in [0.05, 0.1) is 11.2 Å². The van der Waals surface area contributed by atoms with Crippen LogP contribution in [0, 0.1) is 0 Å². The van der Waals surface area contributed by atoms with E-state index in [1.165, 1.54) is 0 Å². The van der Waals surface area contributed by atoms with Gasteiger partial charge in [0.25, 0.3) is 0 Å². The van der Waals surface area contributed by atoms with Crippen molar-refractivity contribution in [1.29, 1.82) is 0 Å². The van der Waals surface area contributed by atoms with Gasteiger partial charge in [0.1, 0.15) is 5.82 Å². The minimum Gasteiger partial charge on any atom is -0.384 e. The molecule has 0 saturated heterocycles. The van der Waals surface area contributed by atoms with Crippen LogP contribution in [-0.4, -0.2) is 24.4 Å². The molecule has 0 fully saturated rings. The fraction of sp³-hybridized carbons (Fsp3) is 0.182. The van der Waals surface area contributed by atoms with Gasteiger partial charge in [-0.3, -0.25) is 4.68 Å². The van der Waals surface area contributed by atoms with Crippen LogP contribution in [0.1, 0.15) is 5.56 Å². The second-order valence-electron chi connectivity index (χ2n) is 4.12. The van der Waals surface area contributed by atoms with Gasteiger partial charge in [-0.1, -0.05) is 11.6 Å². The Morgan fingerprint density at radius 2 is 2.26 bits per heavy atom. The summed E-state index contributed by atoms with van der Waals surface area (Å²) in [7, 11) is 1.80. The Labute approximate surface area is 114 Å². The van der Waals surface area contributed by atoms with E-state index in [-0.39, 0.29) is 0 Å². The molecule has 0 aliphatic heterocycles. The number of rotatable bonds is 3. The van der Waals surface area contributed by atoms with Gasteiger partial charge in [0, 0.05) is 25.4 Å². The molecule has 0 atom stereocenters. The summed E-state index contributed by atoms with van der Waals surface area (Å²) in [4.78, 5) is 4.32. The fourth-order valence-corrected chi connectivity index (χ4v) is 1.89. The number of fused-ring (bicyclic) bond motifs is 1. The number of hydrogen-bond donors (Lipinski definition) is 2. The number of nitrogens with two attached hydrogens (primary N) is 1. The van der Waals surface area contributed by atoms with Crippen LogP contribution in [0.3, 0.4) is 0 Å². The standard InChI is InChI=1S/C11H12ClN7/c1-18-10(13)7(5-15-18)4-14-11-16-9-3-2-8(12)6-19(9)17-11/h2-3,5-6H,4,13H2,1H3,(H,14,17). The maximum Gasteiger partial charge on any atom is 0.243 e. The number of pyridine rings is 1. The molecule has 3 N–H and O–H groups in total. The highest BCUT2D eigenvalue weighted by Gasteiger charge is 2.07. The molecular formula is C11H12ClN7. The predicted octanol–water partition coefficient (Wildman–Crippen LogP) is 1.31. The summed E-state index contributed by atoms with van der Waals surface area (Å²) >= 11 is 5.89. The highest BCUT2D eigenvalue weighted by Crippen LogP contribution is 2.14. The van der Waals surface area contributed by atoms with Crippen LogP contribution in [0.2, 0.25) is 5.02 Å². The number of halogens is 1. The van der Waals surface area contributed by atoms with Gasteiger partial charge >= 0.3 is 0 Å². The second-order valence-corrected chi connectivity index (χ2v) is 4.55. The lowest BCUT2D eigenvalue weighted by Crippen LogP contribution is -2.05. The van der Waals surface area contributed by atoms with Crippen LogP contribution in [0.15, 0.2) is 24.5 Å². The first-order valence-corrected chi connectivity index (χ1v) is 6.03. The van der Waals surface area contributed by atoms with E-state index < -0.39 is 0 Å². The topological polar surface area (TPSA) is 86.1 Å². The fourth-order valence-electron chi connectivity index (χ4n) is 1.74. The molecule has 0 amide bonds. The van der Waals surface area contributed by atoms with Gasteiger partial charge in [0.2, 0.25) is 5.95 Å². The van der Waals surface area contributed by atoms with Crippen molar-refractivity contribution in [1.82, 2.24) is 24.4 Å². The molecule has 3 aromatic rings. The van der Waals surface area contributed by atoms with Gasteiger partial charge in [-0.05, 0) is 12.1 Å². The Morgan fingerprint density at radius 1 is 1.42 bits per heavy atom. The summed E-state index contributed by atoms with van der Waals surface area (Å²) in [5.74, 6) is 1.14. The molecular weight excluding hydrogens is 266 g/mol. The lowest BCUT2D eigenvalue weighted by Gasteiger charge is -2.00. The second kappa shape index (κ2) is 4.43. The molecule has 19 heavy (non-hydrogen) atoms. The van der Waals surface area contributed by atoms with Crippen LogP contribution in [0.4, 0.5) is 11.8 Å². The third-order valence-corrected chi connectivity index (χ3v) is 3.02. The molecule has 3 aromatic heterocycles. The van der Waals surface area contributed by atoms with E-state index in [1.807, 2.05) is 0 Å². The summed E-state index contributed by atoms with van der Waals surface area (Å²) < 4.78 is 3.24. The zero-order valence-corrected chi connectivity index (χ0v) is 11.0. The summed E-state index contributed by atoms with van der Waals surface area (Å²) in [6.07, 6.45) is 3.42. The van der Waals surface area contributed by atoms with Crippen molar-refractivity contribution < 1.29 is 0 Å². The normalized spacial score (nSPS) is 11.1. The molecule has 0 bridgehead atoms. The van der Waals surface area contributed by atoms with Gasteiger partial charge in [-0.15, -0.1) is 5.10 Å². The number of nitrogen functional groups attached to an aromatic ring is 1. The van der Waals surface area contributed by atoms with E-state index in [0.717, 1.165) is 11.2 Å². The Morgan fingerprint density at radius 3 is 3.00 bits per heavy atom.